The number of aromatic carboxylic acids is 1. The number of carboxylic acid groups (broad SMARTS) is 1. The zero-order valence-electron chi connectivity index (χ0n) is 12.8. The van der Waals surface area contributed by atoms with Crippen molar-refractivity contribution < 1.29 is 15.0 Å². The second-order valence-corrected chi connectivity index (χ2v) is 4.95. The van der Waals surface area contributed by atoms with Gasteiger partial charge in [-0.2, -0.15) is 0 Å². The Hall–Kier alpha value is -3.16. The maximum absolute atomic E-state index is 12.2. The summed E-state index contributed by atoms with van der Waals surface area (Å²) < 4.78 is 1.82. The molecule has 120 valence electrons. The molecular formula is C15H15N3O5. The van der Waals surface area contributed by atoms with Crippen LogP contribution in [0.2, 0.25) is 0 Å². The molecule has 1 heterocycles. The third-order valence-corrected chi connectivity index (χ3v) is 3.41. The van der Waals surface area contributed by atoms with Crippen molar-refractivity contribution in [1.82, 2.24) is 9.13 Å². The van der Waals surface area contributed by atoms with Gasteiger partial charge in [0.15, 0.2) is 0 Å². The summed E-state index contributed by atoms with van der Waals surface area (Å²) in [6.45, 7) is 1.52. The van der Waals surface area contributed by atoms with Gasteiger partial charge in [-0.15, -0.1) is 0 Å². The van der Waals surface area contributed by atoms with Gasteiger partial charge >= 0.3 is 11.7 Å². The predicted octanol–water partition coefficient (Wildman–Crippen LogP) is 0.629. The molecule has 0 aliphatic rings. The maximum Gasteiger partial charge on any atom is 0.335 e. The Bertz CT molecular complexity index is 920. The summed E-state index contributed by atoms with van der Waals surface area (Å²) in [6, 6.07) is 5.73. The van der Waals surface area contributed by atoms with E-state index >= 15 is 0 Å². The number of nitrogens with zero attached hydrogens (tertiary/aromatic N) is 3. The van der Waals surface area contributed by atoms with Crippen LogP contribution in [0.15, 0.2) is 38.8 Å². The molecule has 0 aliphatic carbocycles. The van der Waals surface area contributed by atoms with Crippen molar-refractivity contribution in [3.63, 3.8) is 0 Å². The van der Waals surface area contributed by atoms with Crippen LogP contribution in [0.3, 0.4) is 0 Å². The fourth-order valence-electron chi connectivity index (χ4n) is 2.08. The number of aromatic hydroxyl groups is 1. The van der Waals surface area contributed by atoms with Crippen molar-refractivity contribution in [2.75, 3.05) is 0 Å². The van der Waals surface area contributed by atoms with Crippen molar-refractivity contribution in [3.8, 4) is 5.88 Å². The molecule has 1 aromatic carbocycles. The van der Waals surface area contributed by atoms with E-state index in [1.165, 1.54) is 45.3 Å². The molecule has 8 nitrogen and oxygen atoms in total. The van der Waals surface area contributed by atoms with Gasteiger partial charge in [0.2, 0.25) is 5.88 Å². The molecule has 0 saturated heterocycles. The van der Waals surface area contributed by atoms with Crippen molar-refractivity contribution in [1.29, 1.82) is 0 Å². The topological polar surface area (TPSA) is 114 Å². The lowest BCUT2D eigenvalue weighted by Gasteiger charge is -2.10. The minimum absolute atomic E-state index is 0.0862. The number of carboxylic acids is 1. The first-order chi connectivity index (χ1) is 10.7. The van der Waals surface area contributed by atoms with E-state index in [4.69, 9.17) is 5.11 Å². The summed E-state index contributed by atoms with van der Waals surface area (Å²) in [6.07, 6.45) is 0. The number of hydrogen-bond donors (Lipinski definition) is 2. The van der Waals surface area contributed by atoms with Crippen LogP contribution in [-0.2, 0) is 14.1 Å². The summed E-state index contributed by atoms with van der Waals surface area (Å²) in [7, 11) is 2.65. The molecule has 2 N–H and O–H groups in total. The second kappa shape index (κ2) is 5.91. The number of aromatic nitrogens is 2. The average molecular weight is 317 g/mol. The lowest BCUT2D eigenvalue weighted by Crippen LogP contribution is -2.39. The van der Waals surface area contributed by atoms with Crippen molar-refractivity contribution in [2.45, 2.75) is 6.92 Å². The highest BCUT2D eigenvalue weighted by atomic mass is 16.4. The van der Waals surface area contributed by atoms with Crippen molar-refractivity contribution >= 4 is 17.4 Å². The Balaban J connectivity index is 2.57. The fourth-order valence-corrected chi connectivity index (χ4v) is 2.08. The Kier molecular flexibility index (Phi) is 4.17. The van der Waals surface area contributed by atoms with Gasteiger partial charge in [-0.25, -0.2) is 9.59 Å². The number of rotatable bonds is 3. The van der Waals surface area contributed by atoms with E-state index in [0.29, 0.717) is 5.69 Å². The van der Waals surface area contributed by atoms with Gasteiger partial charge in [0.1, 0.15) is 5.56 Å². The second-order valence-electron chi connectivity index (χ2n) is 4.95. The molecule has 2 aromatic rings. The van der Waals surface area contributed by atoms with Gasteiger partial charge in [0.25, 0.3) is 5.56 Å². The number of hydrogen-bond acceptors (Lipinski definition) is 5. The molecule has 23 heavy (non-hydrogen) atoms. The van der Waals surface area contributed by atoms with E-state index in [1.54, 1.807) is 0 Å². The molecule has 0 radical (unpaired) electrons. The van der Waals surface area contributed by atoms with Crippen molar-refractivity contribution in [2.24, 2.45) is 19.1 Å². The first-order valence-corrected chi connectivity index (χ1v) is 6.62. The summed E-state index contributed by atoms with van der Waals surface area (Å²) in [5, 5.41) is 18.9. The first kappa shape index (κ1) is 16.2. The highest BCUT2D eigenvalue weighted by molar-refractivity contribution is 6.01. The van der Waals surface area contributed by atoms with Crippen LogP contribution >= 0.6 is 0 Å². The van der Waals surface area contributed by atoms with E-state index in [-0.39, 0.29) is 16.8 Å². The minimum Gasteiger partial charge on any atom is -0.494 e. The molecule has 0 fully saturated rings. The SMILES string of the molecule is CC(=Nc1ccc(C(=O)O)cc1)c1c(O)n(C)c(=O)n(C)c1=O. The smallest absolute Gasteiger partial charge is 0.335 e. The Labute approximate surface area is 130 Å². The normalized spacial score (nSPS) is 11.5. The van der Waals surface area contributed by atoms with Crippen LogP contribution in [0, 0.1) is 0 Å². The standard InChI is InChI=1S/C15H15N3O5/c1-8(16-10-6-4-9(5-7-10)14(21)22)11-12(19)17(2)15(23)18(3)13(11)20/h4-7,19H,1-3H3,(H,21,22). The van der Waals surface area contributed by atoms with Gasteiger partial charge in [-0.1, -0.05) is 0 Å². The Morgan fingerprint density at radius 2 is 1.65 bits per heavy atom. The Morgan fingerprint density at radius 1 is 1.09 bits per heavy atom. The zero-order valence-corrected chi connectivity index (χ0v) is 12.8. The molecule has 0 spiro atoms. The van der Waals surface area contributed by atoms with Crippen LogP contribution < -0.4 is 11.2 Å². The van der Waals surface area contributed by atoms with E-state index in [9.17, 15) is 19.5 Å². The average Bonchev–Trinajstić information content (AvgIpc) is 2.51. The summed E-state index contributed by atoms with van der Waals surface area (Å²) in [5.41, 5.74) is -0.646. The molecule has 2 rings (SSSR count). The lowest BCUT2D eigenvalue weighted by molar-refractivity contribution is 0.0697. The number of aliphatic imine (C=N–C) groups is 1. The first-order valence-electron chi connectivity index (χ1n) is 6.62. The highest BCUT2D eigenvalue weighted by Crippen LogP contribution is 2.17. The van der Waals surface area contributed by atoms with Gasteiger partial charge in [-0.3, -0.25) is 18.9 Å². The molecule has 0 amide bonds. The summed E-state index contributed by atoms with van der Waals surface area (Å²) in [5.74, 6) is -1.52. The molecule has 8 heteroatoms. The van der Waals surface area contributed by atoms with Gasteiger partial charge in [0.05, 0.1) is 17.0 Å². The molecule has 0 atom stereocenters. The molecule has 0 unspecified atom stereocenters. The van der Waals surface area contributed by atoms with Crippen LogP contribution in [0.4, 0.5) is 5.69 Å². The largest absolute Gasteiger partial charge is 0.494 e. The molecule has 1 aromatic heterocycles. The fraction of sp³-hybridized carbons (Fsp3) is 0.200. The predicted molar refractivity (Wildman–Crippen MR) is 83.9 cm³/mol. The number of carbonyl (C=O) groups is 1. The van der Waals surface area contributed by atoms with E-state index < -0.39 is 23.1 Å². The summed E-state index contributed by atoms with van der Waals surface area (Å²) >= 11 is 0. The number of benzene rings is 1. The Morgan fingerprint density at radius 3 is 2.17 bits per heavy atom. The third kappa shape index (κ3) is 2.91. The maximum atomic E-state index is 12.2. The van der Waals surface area contributed by atoms with E-state index in [0.717, 1.165) is 9.13 Å². The minimum atomic E-state index is -1.05. The van der Waals surface area contributed by atoms with Crippen LogP contribution in [0.25, 0.3) is 0 Å². The molecule has 0 bridgehead atoms. The zero-order chi connectivity index (χ0) is 17.3. The van der Waals surface area contributed by atoms with Gasteiger partial charge < -0.3 is 10.2 Å². The van der Waals surface area contributed by atoms with Crippen LogP contribution in [0.5, 0.6) is 5.88 Å². The quantitative estimate of drug-likeness (QED) is 0.806. The lowest BCUT2D eigenvalue weighted by atomic mass is 10.2. The highest BCUT2D eigenvalue weighted by Gasteiger charge is 2.17. The van der Waals surface area contributed by atoms with Crippen molar-refractivity contribution in [3.05, 3.63) is 56.2 Å². The van der Waals surface area contributed by atoms with Crippen LogP contribution in [0.1, 0.15) is 22.8 Å². The summed E-state index contributed by atoms with van der Waals surface area (Å²) in [4.78, 5) is 38.9. The van der Waals surface area contributed by atoms with E-state index in [1.807, 2.05) is 0 Å². The molecule has 0 aliphatic heterocycles. The molecular weight excluding hydrogens is 302 g/mol. The van der Waals surface area contributed by atoms with E-state index in [2.05, 4.69) is 4.99 Å². The van der Waals surface area contributed by atoms with Crippen LogP contribution in [-0.4, -0.2) is 31.0 Å². The third-order valence-electron chi connectivity index (χ3n) is 3.41. The van der Waals surface area contributed by atoms with Gasteiger partial charge in [-0.05, 0) is 31.2 Å². The molecule has 0 saturated carbocycles. The monoisotopic (exact) mass is 317 g/mol. The van der Waals surface area contributed by atoms with Gasteiger partial charge in [0, 0.05) is 14.1 Å².